The molecule has 1 fully saturated rings. The van der Waals surface area contributed by atoms with E-state index in [1.54, 1.807) is 17.0 Å². The van der Waals surface area contributed by atoms with Crippen LogP contribution in [0.5, 0.6) is 0 Å². The van der Waals surface area contributed by atoms with Gasteiger partial charge in [-0.1, -0.05) is 23.7 Å². The largest absolute Gasteiger partial charge is 0.444 e. The van der Waals surface area contributed by atoms with Gasteiger partial charge in [-0.3, -0.25) is 4.90 Å². The Labute approximate surface area is 142 Å². The van der Waals surface area contributed by atoms with E-state index in [2.05, 4.69) is 4.90 Å². The van der Waals surface area contributed by atoms with Crippen LogP contribution in [0.4, 0.5) is 4.79 Å². The zero-order valence-corrected chi connectivity index (χ0v) is 14.7. The van der Waals surface area contributed by atoms with Gasteiger partial charge in [0.05, 0.1) is 6.10 Å². The van der Waals surface area contributed by atoms with Crippen LogP contribution in [0.25, 0.3) is 0 Å². The predicted molar refractivity (Wildman–Crippen MR) is 90.7 cm³/mol. The molecule has 128 valence electrons. The number of carbonyl (C=O) groups is 1. The van der Waals surface area contributed by atoms with Crippen LogP contribution < -0.4 is 0 Å². The average Bonchev–Trinajstić information content (AvgIpc) is 2.46. The lowest BCUT2D eigenvalue weighted by Crippen LogP contribution is -2.50. The summed E-state index contributed by atoms with van der Waals surface area (Å²) in [6, 6.07) is 7.23. The molecule has 0 aliphatic carbocycles. The fourth-order valence-electron chi connectivity index (χ4n) is 2.47. The number of carbonyl (C=O) groups excluding carboxylic acids is 1. The Kier molecular flexibility index (Phi) is 5.89. The first kappa shape index (κ1) is 18.0. The van der Waals surface area contributed by atoms with Crippen LogP contribution >= 0.6 is 11.6 Å². The van der Waals surface area contributed by atoms with Gasteiger partial charge >= 0.3 is 6.09 Å². The van der Waals surface area contributed by atoms with Gasteiger partial charge in [-0.15, -0.1) is 0 Å². The molecule has 1 N–H and O–H groups in total. The molecule has 23 heavy (non-hydrogen) atoms. The fraction of sp³-hybridized carbons (Fsp3) is 0.588. The Morgan fingerprint density at radius 2 is 1.78 bits per heavy atom. The van der Waals surface area contributed by atoms with Crippen LogP contribution in [0.3, 0.4) is 0 Å². The second-order valence-corrected chi connectivity index (χ2v) is 7.27. The lowest BCUT2D eigenvalue weighted by molar-refractivity contribution is 0.0101. The summed E-state index contributed by atoms with van der Waals surface area (Å²) in [5, 5.41) is 11.0. The molecular weight excluding hydrogens is 316 g/mol. The van der Waals surface area contributed by atoms with E-state index in [4.69, 9.17) is 16.3 Å². The first-order chi connectivity index (χ1) is 10.7. The molecule has 1 atom stereocenters. The molecule has 1 heterocycles. The summed E-state index contributed by atoms with van der Waals surface area (Å²) < 4.78 is 5.38. The number of rotatable bonds is 3. The van der Waals surface area contributed by atoms with Gasteiger partial charge in [-0.25, -0.2) is 4.79 Å². The molecule has 0 bridgehead atoms. The maximum atomic E-state index is 12.0. The summed E-state index contributed by atoms with van der Waals surface area (Å²) in [6.07, 6.45) is -0.823. The molecule has 1 aromatic carbocycles. The van der Waals surface area contributed by atoms with E-state index in [-0.39, 0.29) is 6.09 Å². The Morgan fingerprint density at radius 3 is 2.30 bits per heavy atom. The Bertz CT molecular complexity index is 520. The smallest absolute Gasteiger partial charge is 0.410 e. The predicted octanol–water partition coefficient (Wildman–Crippen LogP) is 2.93. The standard InChI is InChI=1S/C17H25ClN2O3/c1-17(2,3)23-16(22)20-10-8-19(9-11-20)12-15(21)13-4-6-14(18)7-5-13/h4-7,15,21H,8-12H2,1-3H3/t15-/m0/s1. The van der Waals surface area contributed by atoms with Crippen LogP contribution in [0, 0.1) is 0 Å². The first-order valence-electron chi connectivity index (χ1n) is 7.88. The van der Waals surface area contributed by atoms with E-state index < -0.39 is 11.7 Å². The molecule has 0 aromatic heterocycles. The number of aliphatic hydroxyl groups excluding tert-OH is 1. The topological polar surface area (TPSA) is 53.0 Å². The van der Waals surface area contributed by atoms with E-state index in [1.165, 1.54) is 0 Å². The number of β-amino-alcohol motifs (C(OH)–C–C–N with tert-alkyl or cyclic N) is 1. The molecule has 1 aliphatic heterocycles. The highest BCUT2D eigenvalue weighted by atomic mass is 35.5. The molecule has 1 amide bonds. The molecule has 2 rings (SSSR count). The minimum atomic E-state index is -0.555. The molecular formula is C17H25ClN2O3. The normalized spacial score (nSPS) is 17.9. The van der Waals surface area contributed by atoms with Gasteiger partial charge in [0, 0.05) is 37.7 Å². The van der Waals surface area contributed by atoms with E-state index in [0.717, 1.165) is 18.7 Å². The second-order valence-electron chi connectivity index (χ2n) is 6.84. The van der Waals surface area contributed by atoms with Crippen molar-refractivity contribution in [1.82, 2.24) is 9.80 Å². The average molecular weight is 341 g/mol. The number of aliphatic hydroxyl groups is 1. The lowest BCUT2D eigenvalue weighted by Gasteiger charge is -2.36. The monoisotopic (exact) mass is 340 g/mol. The van der Waals surface area contributed by atoms with E-state index in [0.29, 0.717) is 24.7 Å². The maximum Gasteiger partial charge on any atom is 0.410 e. The number of piperazine rings is 1. The fourth-order valence-corrected chi connectivity index (χ4v) is 2.60. The van der Waals surface area contributed by atoms with E-state index in [9.17, 15) is 9.90 Å². The highest BCUT2D eigenvalue weighted by Gasteiger charge is 2.26. The van der Waals surface area contributed by atoms with Crippen LogP contribution in [-0.2, 0) is 4.74 Å². The van der Waals surface area contributed by atoms with E-state index in [1.807, 2.05) is 32.9 Å². The number of amides is 1. The van der Waals surface area contributed by atoms with Crippen molar-refractivity contribution >= 4 is 17.7 Å². The third-order valence-electron chi connectivity index (χ3n) is 3.71. The highest BCUT2D eigenvalue weighted by Crippen LogP contribution is 2.18. The van der Waals surface area contributed by atoms with Crippen molar-refractivity contribution in [3.63, 3.8) is 0 Å². The van der Waals surface area contributed by atoms with Crippen molar-refractivity contribution in [3.05, 3.63) is 34.9 Å². The van der Waals surface area contributed by atoms with Crippen LogP contribution in [0.15, 0.2) is 24.3 Å². The molecule has 1 aromatic rings. The minimum Gasteiger partial charge on any atom is -0.444 e. The number of benzene rings is 1. The van der Waals surface area contributed by atoms with Crippen molar-refractivity contribution in [2.24, 2.45) is 0 Å². The Morgan fingerprint density at radius 1 is 1.22 bits per heavy atom. The summed E-state index contributed by atoms with van der Waals surface area (Å²) in [5.74, 6) is 0. The number of hydrogen-bond acceptors (Lipinski definition) is 4. The summed E-state index contributed by atoms with van der Waals surface area (Å²) in [6.45, 7) is 8.82. The third-order valence-corrected chi connectivity index (χ3v) is 3.96. The molecule has 6 heteroatoms. The quantitative estimate of drug-likeness (QED) is 0.919. The van der Waals surface area contributed by atoms with Gasteiger partial charge in [0.2, 0.25) is 0 Å². The molecule has 0 unspecified atom stereocenters. The summed E-state index contributed by atoms with van der Waals surface area (Å²) in [7, 11) is 0. The maximum absolute atomic E-state index is 12.0. The summed E-state index contributed by atoms with van der Waals surface area (Å²) in [5.41, 5.74) is 0.378. The number of nitrogens with zero attached hydrogens (tertiary/aromatic N) is 2. The lowest BCUT2D eigenvalue weighted by atomic mass is 10.1. The first-order valence-corrected chi connectivity index (χ1v) is 8.26. The van der Waals surface area contributed by atoms with Gasteiger partial charge in [-0.2, -0.15) is 0 Å². The van der Waals surface area contributed by atoms with Crippen molar-refractivity contribution in [2.75, 3.05) is 32.7 Å². The summed E-state index contributed by atoms with van der Waals surface area (Å²) >= 11 is 5.86. The zero-order chi connectivity index (χ0) is 17.0. The molecule has 0 saturated carbocycles. The van der Waals surface area contributed by atoms with Crippen molar-refractivity contribution < 1.29 is 14.6 Å². The number of ether oxygens (including phenoxy) is 1. The zero-order valence-electron chi connectivity index (χ0n) is 14.0. The molecule has 0 spiro atoms. The Hall–Kier alpha value is -1.30. The highest BCUT2D eigenvalue weighted by molar-refractivity contribution is 6.30. The SMILES string of the molecule is CC(C)(C)OC(=O)N1CCN(C[C@H](O)c2ccc(Cl)cc2)CC1. The van der Waals surface area contributed by atoms with Crippen LogP contribution in [0.2, 0.25) is 5.02 Å². The van der Waals surface area contributed by atoms with Gasteiger partial charge in [0.25, 0.3) is 0 Å². The van der Waals surface area contributed by atoms with Gasteiger partial charge < -0.3 is 14.7 Å². The number of halogens is 1. The minimum absolute atomic E-state index is 0.268. The third kappa shape index (κ3) is 5.68. The Balaban J connectivity index is 1.80. The molecule has 1 saturated heterocycles. The van der Waals surface area contributed by atoms with Crippen LogP contribution in [-0.4, -0.2) is 59.3 Å². The van der Waals surface area contributed by atoms with Gasteiger partial charge in [-0.05, 0) is 38.5 Å². The van der Waals surface area contributed by atoms with Crippen LogP contribution in [0.1, 0.15) is 32.4 Å². The van der Waals surface area contributed by atoms with Gasteiger partial charge in [0.1, 0.15) is 5.60 Å². The summed E-state index contributed by atoms with van der Waals surface area (Å²) in [4.78, 5) is 15.9. The van der Waals surface area contributed by atoms with Crippen molar-refractivity contribution in [3.8, 4) is 0 Å². The van der Waals surface area contributed by atoms with Crippen molar-refractivity contribution in [1.29, 1.82) is 0 Å². The second kappa shape index (κ2) is 7.51. The molecule has 5 nitrogen and oxygen atoms in total. The molecule has 0 radical (unpaired) electrons. The molecule has 1 aliphatic rings. The van der Waals surface area contributed by atoms with E-state index >= 15 is 0 Å². The van der Waals surface area contributed by atoms with Crippen molar-refractivity contribution in [2.45, 2.75) is 32.5 Å². The van der Waals surface area contributed by atoms with Gasteiger partial charge in [0.15, 0.2) is 0 Å². The number of hydrogen-bond donors (Lipinski definition) is 1.